The minimum atomic E-state index is -1.97. The van der Waals surface area contributed by atoms with Gasteiger partial charge >= 0.3 is 0 Å². The Kier molecular flexibility index (Phi) is 5.06. The van der Waals surface area contributed by atoms with Gasteiger partial charge in [0.15, 0.2) is 8.32 Å². The first-order valence-electron chi connectivity index (χ1n) is 8.60. The Morgan fingerprint density at radius 2 is 1.83 bits per heavy atom. The summed E-state index contributed by atoms with van der Waals surface area (Å²) in [5, 5.41) is 0.133. The summed E-state index contributed by atoms with van der Waals surface area (Å²) >= 11 is 0. The van der Waals surface area contributed by atoms with Gasteiger partial charge in [0, 0.05) is 18.2 Å². The molecule has 3 nitrogen and oxygen atoms in total. The fourth-order valence-corrected chi connectivity index (χ4v) is 4.43. The number of methoxy groups -OCH3 is 2. The van der Waals surface area contributed by atoms with E-state index in [1.54, 1.807) is 14.2 Å². The number of rotatable bonds is 5. The molecule has 24 heavy (non-hydrogen) atoms. The quantitative estimate of drug-likeness (QED) is 0.513. The second-order valence-corrected chi connectivity index (χ2v) is 12.8. The lowest BCUT2D eigenvalue weighted by atomic mass is 9.66. The number of allylic oxidation sites excluding steroid dienone is 1. The molecule has 0 amide bonds. The molecule has 0 N–H and O–H groups in total. The molecule has 0 bridgehead atoms. The van der Waals surface area contributed by atoms with Crippen molar-refractivity contribution in [2.45, 2.75) is 64.5 Å². The molecule has 0 fully saturated rings. The first-order valence-corrected chi connectivity index (χ1v) is 11.5. The summed E-state index contributed by atoms with van der Waals surface area (Å²) in [7, 11) is 1.52. The van der Waals surface area contributed by atoms with E-state index in [1.165, 1.54) is 5.57 Å². The zero-order valence-electron chi connectivity index (χ0n) is 16.6. The Labute approximate surface area is 148 Å². The fourth-order valence-electron chi connectivity index (χ4n) is 3.21. The van der Waals surface area contributed by atoms with Crippen molar-refractivity contribution >= 4 is 8.32 Å². The van der Waals surface area contributed by atoms with E-state index in [4.69, 9.17) is 13.9 Å². The molecule has 4 heteroatoms. The lowest BCUT2D eigenvalue weighted by Crippen LogP contribution is -2.53. The topological polar surface area (TPSA) is 27.7 Å². The molecule has 1 aromatic carbocycles. The molecule has 1 aliphatic rings. The molecule has 2 rings (SSSR count). The van der Waals surface area contributed by atoms with Crippen molar-refractivity contribution in [2.75, 3.05) is 14.2 Å². The Balaban J connectivity index is 2.61. The first-order chi connectivity index (χ1) is 11.1. The molecule has 0 radical (unpaired) electrons. The average Bonchev–Trinajstić information content (AvgIpc) is 2.51. The van der Waals surface area contributed by atoms with Crippen LogP contribution in [0.5, 0.6) is 5.75 Å². The van der Waals surface area contributed by atoms with Crippen molar-refractivity contribution in [2.24, 2.45) is 0 Å². The van der Waals surface area contributed by atoms with E-state index in [1.807, 2.05) is 12.1 Å². The molecule has 2 atom stereocenters. The van der Waals surface area contributed by atoms with Crippen LogP contribution in [0.1, 0.15) is 51.8 Å². The van der Waals surface area contributed by atoms with E-state index < -0.39 is 13.9 Å². The van der Waals surface area contributed by atoms with Crippen molar-refractivity contribution in [1.29, 1.82) is 0 Å². The highest BCUT2D eigenvalue weighted by Crippen LogP contribution is 2.61. The lowest BCUT2D eigenvalue weighted by Gasteiger charge is -2.54. The Hall–Kier alpha value is -1.10. The monoisotopic (exact) mass is 348 g/mol. The van der Waals surface area contributed by atoms with Crippen LogP contribution in [0.25, 0.3) is 0 Å². The van der Waals surface area contributed by atoms with Crippen LogP contribution in [0.3, 0.4) is 0 Å². The second-order valence-electron chi connectivity index (χ2n) is 8.09. The van der Waals surface area contributed by atoms with Gasteiger partial charge in [0.25, 0.3) is 0 Å². The zero-order chi connectivity index (χ0) is 18.3. The van der Waals surface area contributed by atoms with Gasteiger partial charge < -0.3 is 13.9 Å². The van der Waals surface area contributed by atoms with Crippen LogP contribution in [-0.2, 0) is 14.8 Å². The van der Waals surface area contributed by atoms with Crippen molar-refractivity contribution in [3.63, 3.8) is 0 Å². The van der Waals surface area contributed by atoms with Gasteiger partial charge in [-0.1, -0.05) is 39.0 Å². The van der Waals surface area contributed by atoms with E-state index in [2.05, 4.69) is 59.9 Å². The molecule has 0 saturated heterocycles. The molecule has 134 valence electrons. The normalized spacial score (nSPS) is 24.4. The number of hydrogen-bond donors (Lipinski definition) is 0. The number of ether oxygens (including phenoxy) is 2. The molecule has 0 heterocycles. The van der Waals surface area contributed by atoms with Gasteiger partial charge in [-0.05, 0) is 43.6 Å². The van der Waals surface area contributed by atoms with Gasteiger partial charge in [-0.3, -0.25) is 0 Å². The average molecular weight is 349 g/mol. The van der Waals surface area contributed by atoms with Crippen molar-refractivity contribution < 1.29 is 13.9 Å². The smallest absolute Gasteiger partial charge is 0.193 e. The van der Waals surface area contributed by atoms with Gasteiger partial charge in [-0.25, -0.2) is 0 Å². The highest BCUT2D eigenvalue weighted by Gasteiger charge is 2.58. The summed E-state index contributed by atoms with van der Waals surface area (Å²) in [6.07, 6.45) is 1.99. The van der Waals surface area contributed by atoms with E-state index in [9.17, 15) is 0 Å². The van der Waals surface area contributed by atoms with Crippen LogP contribution in [-0.4, -0.2) is 22.5 Å². The molecule has 0 aliphatic heterocycles. The molecule has 0 aromatic heterocycles. The maximum Gasteiger partial charge on any atom is 0.193 e. The number of fused-ring (bicyclic) bond motifs is 1. The Morgan fingerprint density at radius 1 is 1.21 bits per heavy atom. The number of hydrogen-bond acceptors (Lipinski definition) is 3. The third kappa shape index (κ3) is 2.65. The predicted octanol–water partition coefficient (Wildman–Crippen LogP) is 5.58. The van der Waals surface area contributed by atoms with Crippen molar-refractivity contribution in [1.82, 2.24) is 0 Å². The third-order valence-corrected chi connectivity index (χ3v) is 10.3. The SMILES string of the molecule is C/C=C(/C)[C@@]1(OC)c2cccc(OC)c2[C@@H]1O[Si](C)(C)C(C)(C)C. The largest absolute Gasteiger partial charge is 0.496 e. The highest BCUT2D eigenvalue weighted by atomic mass is 28.4. The fraction of sp³-hybridized carbons (Fsp3) is 0.600. The lowest BCUT2D eigenvalue weighted by molar-refractivity contribution is -0.106. The van der Waals surface area contributed by atoms with Crippen LogP contribution in [0.2, 0.25) is 18.1 Å². The first kappa shape index (κ1) is 19.2. The maximum atomic E-state index is 6.83. The van der Waals surface area contributed by atoms with E-state index in [-0.39, 0.29) is 11.1 Å². The summed E-state index contributed by atoms with van der Waals surface area (Å²) in [6, 6.07) is 6.15. The van der Waals surface area contributed by atoms with Gasteiger partial charge in [-0.15, -0.1) is 0 Å². The van der Waals surface area contributed by atoms with E-state index in [0.29, 0.717) is 0 Å². The molecule has 1 aliphatic carbocycles. The maximum absolute atomic E-state index is 6.83. The third-order valence-electron chi connectivity index (χ3n) is 5.88. The molecule has 0 spiro atoms. The van der Waals surface area contributed by atoms with Crippen molar-refractivity contribution in [3.05, 3.63) is 41.0 Å². The van der Waals surface area contributed by atoms with Crippen LogP contribution in [0, 0.1) is 0 Å². The van der Waals surface area contributed by atoms with Gasteiger partial charge in [0.2, 0.25) is 0 Å². The summed E-state index contributed by atoms with van der Waals surface area (Å²) in [4.78, 5) is 0. The molecule has 1 aromatic rings. The highest BCUT2D eigenvalue weighted by molar-refractivity contribution is 6.74. The van der Waals surface area contributed by atoms with Crippen LogP contribution >= 0.6 is 0 Å². The number of benzene rings is 1. The Morgan fingerprint density at radius 3 is 2.29 bits per heavy atom. The minimum absolute atomic E-state index is 0.133. The zero-order valence-corrected chi connectivity index (χ0v) is 17.6. The summed E-state index contributed by atoms with van der Waals surface area (Å²) in [5.41, 5.74) is 2.94. The molecular weight excluding hydrogens is 316 g/mol. The summed E-state index contributed by atoms with van der Waals surface area (Å²) in [5.74, 6) is 0.882. The van der Waals surface area contributed by atoms with E-state index in [0.717, 1.165) is 16.9 Å². The summed E-state index contributed by atoms with van der Waals surface area (Å²) < 4.78 is 18.5. The van der Waals surface area contributed by atoms with Crippen LogP contribution < -0.4 is 4.74 Å². The minimum Gasteiger partial charge on any atom is -0.496 e. The van der Waals surface area contributed by atoms with Crippen molar-refractivity contribution in [3.8, 4) is 5.75 Å². The van der Waals surface area contributed by atoms with Gasteiger partial charge in [0.05, 0.1) is 7.11 Å². The standard InChI is InChI=1S/C20H32O3Si/c1-10-14(2)20(22-7)15-12-11-13-16(21-6)17(15)18(20)23-24(8,9)19(3,4)5/h10-13,18H,1-9H3/b14-10-/t18-,20+/m0/s1. The van der Waals surface area contributed by atoms with Gasteiger partial charge in [-0.2, -0.15) is 0 Å². The summed E-state index contributed by atoms with van der Waals surface area (Å²) in [6.45, 7) is 15.5. The van der Waals surface area contributed by atoms with Crippen LogP contribution in [0.4, 0.5) is 0 Å². The molecule has 0 unspecified atom stereocenters. The predicted molar refractivity (Wildman–Crippen MR) is 102 cm³/mol. The molecular formula is C20H32O3Si. The Bertz CT molecular complexity index is 643. The van der Waals surface area contributed by atoms with Crippen LogP contribution in [0.15, 0.2) is 29.8 Å². The van der Waals surface area contributed by atoms with Gasteiger partial charge in [0.1, 0.15) is 17.5 Å². The second kappa shape index (κ2) is 6.32. The molecule has 0 saturated carbocycles. The van der Waals surface area contributed by atoms with E-state index >= 15 is 0 Å².